The third-order valence-electron chi connectivity index (χ3n) is 4.70. The van der Waals surface area contributed by atoms with E-state index >= 15 is 0 Å². The number of aromatic nitrogens is 2. The standard InChI is InChI=1S/C15H21N3O3/c1-9-11(15(20)21)4-3-7-18(9)14(19)12-8-13(10-5-6-10)17(2)16-12/h8-11H,3-7H2,1-2H3,(H,20,21)/t9-,11-/m1/s1. The fraction of sp³-hybridized carbons (Fsp3) is 0.667. The van der Waals surface area contributed by atoms with Gasteiger partial charge in [0.1, 0.15) is 0 Å². The van der Waals surface area contributed by atoms with Gasteiger partial charge in [-0.15, -0.1) is 0 Å². The number of aryl methyl sites for hydroxylation is 1. The number of amides is 1. The molecule has 1 aliphatic heterocycles. The lowest BCUT2D eigenvalue weighted by Crippen LogP contribution is -2.49. The fourth-order valence-electron chi connectivity index (χ4n) is 3.25. The van der Waals surface area contributed by atoms with Gasteiger partial charge in [-0.05, 0) is 38.7 Å². The molecule has 3 rings (SSSR count). The molecule has 0 aromatic carbocycles. The molecule has 1 saturated carbocycles. The Balaban J connectivity index is 1.80. The molecule has 2 heterocycles. The molecule has 0 unspecified atom stereocenters. The van der Waals surface area contributed by atoms with Crippen LogP contribution in [-0.2, 0) is 11.8 Å². The maximum Gasteiger partial charge on any atom is 0.308 e. The predicted molar refractivity (Wildman–Crippen MR) is 76.0 cm³/mol. The normalized spacial score (nSPS) is 25.9. The second-order valence-corrected chi connectivity index (χ2v) is 6.18. The minimum Gasteiger partial charge on any atom is -0.481 e. The highest BCUT2D eigenvalue weighted by Crippen LogP contribution is 2.40. The van der Waals surface area contributed by atoms with Crippen LogP contribution < -0.4 is 0 Å². The van der Waals surface area contributed by atoms with Gasteiger partial charge >= 0.3 is 5.97 Å². The van der Waals surface area contributed by atoms with Crippen molar-refractivity contribution < 1.29 is 14.7 Å². The lowest BCUT2D eigenvalue weighted by Gasteiger charge is -2.37. The van der Waals surface area contributed by atoms with Crippen molar-refractivity contribution in [3.05, 3.63) is 17.5 Å². The van der Waals surface area contributed by atoms with E-state index in [1.165, 1.54) is 0 Å². The van der Waals surface area contributed by atoms with Crippen LogP contribution in [0.2, 0.25) is 0 Å². The molecule has 0 spiro atoms. The Morgan fingerprint density at radius 3 is 2.67 bits per heavy atom. The highest BCUT2D eigenvalue weighted by molar-refractivity contribution is 5.93. The summed E-state index contributed by atoms with van der Waals surface area (Å²) in [6.45, 7) is 2.43. The molecule has 1 saturated heterocycles. The van der Waals surface area contributed by atoms with Crippen LogP contribution in [0.1, 0.15) is 54.7 Å². The van der Waals surface area contributed by atoms with E-state index in [4.69, 9.17) is 0 Å². The lowest BCUT2D eigenvalue weighted by atomic mass is 9.90. The predicted octanol–water partition coefficient (Wildman–Crippen LogP) is 1.62. The van der Waals surface area contributed by atoms with Crippen LogP contribution in [0.4, 0.5) is 0 Å². The number of piperidine rings is 1. The number of carbonyl (C=O) groups excluding carboxylic acids is 1. The smallest absolute Gasteiger partial charge is 0.308 e. The van der Waals surface area contributed by atoms with Gasteiger partial charge in [-0.2, -0.15) is 5.10 Å². The van der Waals surface area contributed by atoms with Crippen LogP contribution >= 0.6 is 0 Å². The number of likely N-dealkylation sites (tertiary alicyclic amines) is 1. The molecule has 1 aromatic rings. The van der Waals surface area contributed by atoms with Crippen molar-refractivity contribution in [1.29, 1.82) is 0 Å². The van der Waals surface area contributed by atoms with Crippen molar-refractivity contribution in [2.45, 2.75) is 44.6 Å². The van der Waals surface area contributed by atoms with Gasteiger partial charge in [-0.1, -0.05) is 0 Å². The quantitative estimate of drug-likeness (QED) is 0.918. The summed E-state index contributed by atoms with van der Waals surface area (Å²) >= 11 is 0. The number of hydrogen-bond acceptors (Lipinski definition) is 3. The molecular formula is C15H21N3O3. The summed E-state index contributed by atoms with van der Waals surface area (Å²) < 4.78 is 1.79. The molecule has 2 atom stereocenters. The van der Waals surface area contributed by atoms with Crippen molar-refractivity contribution in [3.8, 4) is 0 Å². The number of nitrogens with zero attached hydrogens (tertiary/aromatic N) is 3. The van der Waals surface area contributed by atoms with E-state index in [0.29, 0.717) is 24.6 Å². The SMILES string of the molecule is C[C@@H]1[C@H](C(=O)O)CCCN1C(=O)c1cc(C2CC2)n(C)n1. The van der Waals surface area contributed by atoms with E-state index in [0.717, 1.165) is 25.0 Å². The number of aliphatic carboxylic acids is 1. The Kier molecular flexibility index (Phi) is 3.47. The van der Waals surface area contributed by atoms with Gasteiger partial charge in [-0.3, -0.25) is 14.3 Å². The molecule has 1 aliphatic carbocycles. The highest BCUT2D eigenvalue weighted by atomic mass is 16.4. The molecule has 1 amide bonds. The summed E-state index contributed by atoms with van der Waals surface area (Å²) in [5.41, 5.74) is 1.55. The maximum absolute atomic E-state index is 12.6. The van der Waals surface area contributed by atoms with Crippen LogP contribution in [0, 0.1) is 5.92 Å². The lowest BCUT2D eigenvalue weighted by molar-refractivity contribution is -0.144. The van der Waals surface area contributed by atoms with E-state index < -0.39 is 11.9 Å². The first-order valence-electron chi connectivity index (χ1n) is 7.56. The molecule has 1 N–H and O–H groups in total. The van der Waals surface area contributed by atoms with Gasteiger partial charge in [0.25, 0.3) is 5.91 Å². The zero-order chi connectivity index (χ0) is 15.1. The van der Waals surface area contributed by atoms with Gasteiger partial charge in [0.15, 0.2) is 5.69 Å². The summed E-state index contributed by atoms with van der Waals surface area (Å²) in [7, 11) is 1.87. The Bertz CT molecular complexity index is 577. The monoisotopic (exact) mass is 291 g/mol. The van der Waals surface area contributed by atoms with E-state index in [1.54, 1.807) is 9.58 Å². The molecule has 2 aliphatic rings. The van der Waals surface area contributed by atoms with Gasteiger partial charge in [-0.25, -0.2) is 0 Å². The van der Waals surface area contributed by atoms with E-state index in [2.05, 4.69) is 5.10 Å². The molecule has 0 radical (unpaired) electrons. The van der Waals surface area contributed by atoms with Crippen molar-refractivity contribution >= 4 is 11.9 Å². The molecule has 6 nitrogen and oxygen atoms in total. The minimum atomic E-state index is -0.820. The minimum absolute atomic E-state index is 0.143. The van der Waals surface area contributed by atoms with Crippen molar-refractivity contribution in [3.63, 3.8) is 0 Å². The van der Waals surface area contributed by atoms with Gasteiger partial charge < -0.3 is 10.0 Å². The summed E-state index contributed by atoms with van der Waals surface area (Å²) in [5, 5.41) is 13.6. The van der Waals surface area contributed by atoms with E-state index in [-0.39, 0.29) is 11.9 Å². The molecule has 114 valence electrons. The molecule has 21 heavy (non-hydrogen) atoms. The van der Waals surface area contributed by atoms with E-state index in [1.807, 2.05) is 20.0 Å². The Labute approximate surface area is 123 Å². The molecular weight excluding hydrogens is 270 g/mol. The van der Waals surface area contributed by atoms with Gasteiger partial charge in [0.2, 0.25) is 0 Å². The number of carboxylic acids is 1. The third kappa shape index (κ3) is 2.54. The fourth-order valence-corrected chi connectivity index (χ4v) is 3.25. The summed E-state index contributed by atoms with van der Waals surface area (Å²) in [6, 6.07) is 1.59. The largest absolute Gasteiger partial charge is 0.481 e. The first-order chi connectivity index (χ1) is 9.99. The van der Waals surface area contributed by atoms with Gasteiger partial charge in [0.05, 0.1) is 5.92 Å². The van der Waals surface area contributed by atoms with Crippen LogP contribution in [-0.4, -0.2) is 44.3 Å². The molecule has 0 bridgehead atoms. The third-order valence-corrected chi connectivity index (χ3v) is 4.70. The van der Waals surface area contributed by atoms with Crippen LogP contribution in [0.15, 0.2) is 6.07 Å². The Morgan fingerprint density at radius 1 is 1.33 bits per heavy atom. The Hall–Kier alpha value is -1.85. The zero-order valence-corrected chi connectivity index (χ0v) is 12.5. The zero-order valence-electron chi connectivity index (χ0n) is 12.5. The van der Waals surface area contributed by atoms with Crippen LogP contribution in [0.25, 0.3) is 0 Å². The number of hydrogen-bond donors (Lipinski definition) is 1. The van der Waals surface area contributed by atoms with Crippen LogP contribution in [0.5, 0.6) is 0 Å². The second-order valence-electron chi connectivity index (χ2n) is 6.18. The molecule has 6 heteroatoms. The summed E-state index contributed by atoms with van der Waals surface area (Å²) in [6.07, 6.45) is 3.69. The van der Waals surface area contributed by atoms with Crippen molar-refractivity contribution in [2.75, 3.05) is 6.54 Å². The maximum atomic E-state index is 12.6. The topological polar surface area (TPSA) is 75.4 Å². The average Bonchev–Trinajstić information content (AvgIpc) is 3.21. The highest BCUT2D eigenvalue weighted by Gasteiger charge is 2.37. The van der Waals surface area contributed by atoms with Crippen molar-refractivity contribution in [1.82, 2.24) is 14.7 Å². The summed E-state index contributed by atoms with van der Waals surface area (Å²) in [4.78, 5) is 25.6. The summed E-state index contributed by atoms with van der Waals surface area (Å²) in [5.74, 6) is -0.903. The van der Waals surface area contributed by atoms with Gasteiger partial charge in [0, 0.05) is 31.2 Å². The molecule has 2 fully saturated rings. The first-order valence-corrected chi connectivity index (χ1v) is 7.56. The Morgan fingerprint density at radius 2 is 2.05 bits per heavy atom. The van der Waals surface area contributed by atoms with Crippen molar-refractivity contribution in [2.24, 2.45) is 13.0 Å². The first kappa shape index (κ1) is 14.1. The number of rotatable bonds is 3. The van der Waals surface area contributed by atoms with Crippen LogP contribution in [0.3, 0.4) is 0 Å². The number of carbonyl (C=O) groups is 2. The average molecular weight is 291 g/mol. The van der Waals surface area contributed by atoms with E-state index in [9.17, 15) is 14.7 Å². The number of carboxylic acid groups (broad SMARTS) is 1. The second kappa shape index (κ2) is 5.16. The molecule has 1 aromatic heterocycles.